The van der Waals surface area contributed by atoms with Crippen LogP contribution in [0.15, 0.2) is 78.5 Å². The SMILES string of the molecule is N#C/C(=C\C=C\c1cn(Cc2ccccc2)nn1)C(=O)Nc1ccccc1F. The molecule has 0 aliphatic rings. The standard InChI is InChI=1S/C21H16FN5O/c22-19-11-4-5-12-20(19)24-21(28)17(13-23)9-6-10-18-15-27(26-25-18)14-16-7-2-1-3-8-16/h1-12,15H,14H2,(H,24,28)/b10-6+,17-9+. The largest absolute Gasteiger partial charge is 0.319 e. The molecule has 1 aromatic heterocycles. The van der Waals surface area contributed by atoms with Crippen LogP contribution in [0.1, 0.15) is 11.3 Å². The second-order valence-corrected chi connectivity index (χ2v) is 5.81. The minimum absolute atomic E-state index is 0.0153. The van der Waals surface area contributed by atoms with E-state index in [2.05, 4.69) is 15.6 Å². The average Bonchev–Trinajstić information content (AvgIpc) is 3.15. The summed E-state index contributed by atoms with van der Waals surface area (Å²) in [5, 5.41) is 19.6. The Morgan fingerprint density at radius 1 is 1.18 bits per heavy atom. The highest BCUT2D eigenvalue weighted by Gasteiger charge is 2.10. The van der Waals surface area contributed by atoms with Crippen LogP contribution in [-0.4, -0.2) is 20.9 Å². The highest BCUT2D eigenvalue weighted by atomic mass is 19.1. The summed E-state index contributed by atoms with van der Waals surface area (Å²) in [6, 6.07) is 17.4. The van der Waals surface area contributed by atoms with Crippen LogP contribution in [0, 0.1) is 17.1 Å². The number of nitrogens with one attached hydrogen (secondary N) is 1. The van der Waals surface area contributed by atoms with Crippen molar-refractivity contribution in [3.05, 3.63) is 95.6 Å². The van der Waals surface area contributed by atoms with E-state index in [9.17, 15) is 14.4 Å². The van der Waals surface area contributed by atoms with E-state index in [1.807, 2.05) is 30.3 Å². The second-order valence-electron chi connectivity index (χ2n) is 5.81. The predicted molar refractivity (Wildman–Crippen MR) is 103 cm³/mol. The van der Waals surface area contributed by atoms with E-state index in [0.29, 0.717) is 12.2 Å². The molecule has 0 radical (unpaired) electrons. The third-order valence-corrected chi connectivity index (χ3v) is 3.76. The summed E-state index contributed by atoms with van der Waals surface area (Å²) >= 11 is 0. The van der Waals surface area contributed by atoms with Gasteiger partial charge in [0.1, 0.15) is 23.2 Å². The Kier molecular flexibility index (Phi) is 6.06. The summed E-state index contributed by atoms with van der Waals surface area (Å²) in [5.74, 6) is -1.26. The van der Waals surface area contributed by atoms with Crippen LogP contribution in [-0.2, 0) is 11.3 Å². The molecule has 0 spiro atoms. The molecule has 0 aliphatic carbocycles. The summed E-state index contributed by atoms with van der Waals surface area (Å²) in [4.78, 5) is 12.1. The Hall–Kier alpha value is -4.05. The van der Waals surface area contributed by atoms with E-state index in [1.165, 1.54) is 30.4 Å². The zero-order valence-electron chi connectivity index (χ0n) is 14.8. The quantitative estimate of drug-likeness (QED) is 0.407. The van der Waals surface area contributed by atoms with Crippen LogP contribution in [0.25, 0.3) is 6.08 Å². The van der Waals surface area contributed by atoms with Gasteiger partial charge in [0.05, 0.1) is 18.4 Å². The molecule has 2 aromatic carbocycles. The molecule has 3 rings (SSSR count). The lowest BCUT2D eigenvalue weighted by Crippen LogP contribution is -2.14. The topological polar surface area (TPSA) is 83.6 Å². The molecule has 0 aliphatic heterocycles. The van der Waals surface area contributed by atoms with E-state index >= 15 is 0 Å². The number of allylic oxidation sites excluding steroid dienone is 2. The van der Waals surface area contributed by atoms with Crippen LogP contribution in [0.5, 0.6) is 0 Å². The number of nitriles is 1. The molecule has 0 unspecified atom stereocenters. The van der Waals surface area contributed by atoms with Gasteiger partial charge >= 0.3 is 0 Å². The maximum Gasteiger partial charge on any atom is 0.266 e. The van der Waals surface area contributed by atoms with Crippen LogP contribution in [0.2, 0.25) is 0 Å². The highest BCUT2D eigenvalue weighted by Crippen LogP contribution is 2.13. The summed E-state index contributed by atoms with van der Waals surface area (Å²) in [7, 11) is 0. The predicted octanol–water partition coefficient (Wildman–Crippen LogP) is 3.57. The number of aromatic nitrogens is 3. The summed E-state index contributed by atoms with van der Waals surface area (Å²) in [5.41, 5.74) is 1.54. The lowest BCUT2D eigenvalue weighted by molar-refractivity contribution is -0.112. The molecular formula is C21H16FN5O. The molecule has 1 N–H and O–H groups in total. The van der Waals surface area contributed by atoms with Gasteiger partial charge in [0, 0.05) is 0 Å². The van der Waals surface area contributed by atoms with Gasteiger partial charge in [-0.25, -0.2) is 9.07 Å². The van der Waals surface area contributed by atoms with Crippen LogP contribution in [0.3, 0.4) is 0 Å². The second kappa shape index (κ2) is 9.05. The number of nitrogens with zero attached hydrogens (tertiary/aromatic N) is 4. The number of para-hydroxylation sites is 1. The van der Waals surface area contributed by atoms with Gasteiger partial charge in [0.2, 0.25) is 0 Å². The monoisotopic (exact) mass is 373 g/mol. The van der Waals surface area contributed by atoms with Gasteiger partial charge in [0.25, 0.3) is 5.91 Å². The van der Waals surface area contributed by atoms with Gasteiger partial charge in [-0.15, -0.1) is 5.10 Å². The molecular weight excluding hydrogens is 357 g/mol. The average molecular weight is 373 g/mol. The number of carbonyl (C=O) groups is 1. The molecule has 0 saturated carbocycles. The lowest BCUT2D eigenvalue weighted by atomic mass is 10.2. The van der Waals surface area contributed by atoms with Crippen LogP contribution < -0.4 is 5.32 Å². The van der Waals surface area contributed by atoms with Gasteiger partial charge in [-0.05, 0) is 29.8 Å². The van der Waals surface area contributed by atoms with E-state index in [1.54, 1.807) is 29.1 Å². The van der Waals surface area contributed by atoms with Crippen molar-refractivity contribution in [1.29, 1.82) is 5.26 Å². The molecule has 3 aromatic rings. The van der Waals surface area contributed by atoms with Gasteiger partial charge in [-0.2, -0.15) is 5.26 Å². The molecule has 28 heavy (non-hydrogen) atoms. The fourth-order valence-corrected chi connectivity index (χ4v) is 2.40. The Labute approximate surface area is 161 Å². The first kappa shape index (κ1) is 18.7. The number of amides is 1. The number of benzene rings is 2. The maximum absolute atomic E-state index is 13.6. The first-order valence-electron chi connectivity index (χ1n) is 8.44. The highest BCUT2D eigenvalue weighted by molar-refractivity contribution is 6.06. The number of hydrogen-bond acceptors (Lipinski definition) is 4. The van der Waals surface area contributed by atoms with Crippen molar-refractivity contribution >= 4 is 17.7 Å². The van der Waals surface area contributed by atoms with E-state index in [0.717, 1.165) is 5.56 Å². The zero-order chi connectivity index (χ0) is 19.8. The first-order valence-corrected chi connectivity index (χ1v) is 8.44. The third-order valence-electron chi connectivity index (χ3n) is 3.76. The number of hydrogen-bond donors (Lipinski definition) is 1. The van der Waals surface area contributed by atoms with Crippen molar-refractivity contribution in [3.8, 4) is 6.07 Å². The third kappa shape index (κ3) is 4.99. The number of halogens is 1. The van der Waals surface area contributed by atoms with Crippen molar-refractivity contribution in [2.24, 2.45) is 0 Å². The van der Waals surface area contributed by atoms with E-state index < -0.39 is 11.7 Å². The molecule has 1 heterocycles. The summed E-state index contributed by atoms with van der Waals surface area (Å²) < 4.78 is 15.3. The minimum Gasteiger partial charge on any atom is -0.319 e. The van der Waals surface area contributed by atoms with Gasteiger partial charge in [-0.3, -0.25) is 4.79 Å². The van der Waals surface area contributed by atoms with Crippen LogP contribution in [0.4, 0.5) is 10.1 Å². The smallest absolute Gasteiger partial charge is 0.266 e. The zero-order valence-corrected chi connectivity index (χ0v) is 14.8. The Balaban J connectivity index is 1.64. The summed E-state index contributed by atoms with van der Waals surface area (Å²) in [6.45, 7) is 0.589. The van der Waals surface area contributed by atoms with Gasteiger partial charge in [0.15, 0.2) is 0 Å². The first-order chi connectivity index (χ1) is 13.7. The van der Waals surface area contributed by atoms with Gasteiger partial charge < -0.3 is 5.32 Å². The van der Waals surface area contributed by atoms with Crippen LogP contribution >= 0.6 is 0 Å². The minimum atomic E-state index is -0.690. The molecule has 7 heteroatoms. The van der Waals surface area contributed by atoms with Crippen molar-refractivity contribution in [2.75, 3.05) is 5.32 Å². The molecule has 0 bridgehead atoms. The fraction of sp³-hybridized carbons (Fsp3) is 0.0476. The Morgan fingerprint density at radius 2 is 1.93 bits per heavy atom. The van der Waals surface area contributed by atoms with Crippen molar-refractivity contribution in [3.63, 3.8) is 0 Å². The molecule has 0 atom stereocenters. The maximum atomic E-state index is 13.6. The Bertz CT molecular complexity index is 1060. The molecule has 0 fully saturated rings. The normalized spacial score (nSPS) is 11.4. The number of anilines is 1. The van der Waals surface area contributed by atoms with Crippen molar-refractivity contribution < 1.29 is 9.18 Å². The molecule has 1 amide bonds. The van der Waals surface area contributed by atoms with Crippen molar-refractivity contribution in [1.82, 2.24) is 15.0 Å². The molecule has 0 saturated heterocycles. The number of carbonyl (C=O) groups excluding carboxylic acids is 1. The number of rotatable bonds is 6. The van der Waals surface area contributed by atoms with Crippen molar-refractivity contribution in [2.45, 2.75) is 6.54 Å². The summed E-state index contributed by atoms with van der Waals surface area (Å²) in [6.07, 6.45) is 6.24. The van der Waals surface area contributed by atoms with E-state index in [4.69, 9.17) is 0 Å². The van der Waals surface area contributed by atoms with E-state index in [-0.39, 0.29) is 11.3 Å². The Morgan fingerprint density at radius 3 is 2.68 bits per heavy atom. The lowest BCUT2D eigenvalue weighted by Gasteiger charge is -2.04. The fourth-order valence-electron chi connectivity index (χ4n) is 2.40. The molecule has 6 nitrogen and oxygen atoms in total. The van der Waals surface area contributed by atoms with Gasteiger partial charge in [-0.1, -0.05) is 53.8 Å². The molecule has 138 valence electrons.